The predicted octanol–water partition coefficient (Wildman–Crippen LogP) is 0.301. The van der Waals surface area contributed by atoms with Crippen molar-refractivity contribution >= 4 is 5.97 Å². The van der Waals surface area contributed by atoms with Crippen LogP contribution in [0, 0.1) is 5.82 Å². The lowest BCUT2D eigenvalue weighted by Gasteiger charge is -2.18. The molecule has 0 saturated heterocycles. The first-order valence-corrected chi connectivity index (χ1v) is 4.97. The maximum absolute atomic E-state index is 13.7. The van der Waals surface area contributed by atoms with Crippen molar-refractivity contribution in [3.8, 4) is 0 Å². The molecule has 0 aliphatic heterocycles. The number of rotatable bonds is 5. The maximum Gasteiger partial charge on any atom is 0.338 e. The van der Waals surface area contributed by atoms with Crippen LogP contribution in [0.15, 0.2) is 18.2 Å². The van der Waals surface area contributed by atoms with Gasteiger partial charge in [-0.05, 0) is 12.5 Å². The zero-order valence-electron chi connectivity index (χ0n) is 8.88. The van der Waals surface area contributed by atoms with Gasteiger partial charge in [-0.15, -0.1) is 0 Å². The lowest BCUT2D eigenvalue weighted by molar-refractivity contribution is 0.00223. The monoisotopic (exact) mass is 244 g/mol. The second kappa shape index (κ2) is 5.72. The molecule has 5 nitrogen and oxygen atoms in total. The molecule has 0 fully saturated rings. The Hall–Kier alpha value is -1.50. The van der Waals surface area contributed by atoms with E-state index in [1.807, 2.05) is 0 Å². The first-order chi connectivity index (χ1) is 7.99. The van der Waals surface area contributed by atoms with Gasteiger partial charge in [0.25, 0.3) is 0 Å². The number of aliphatic hydroxyl groups is 3. The Morgan fingerprint density at radius 1 is 1.35 bits per heavy atom. The highest BCUT2D eigenvalue weighted by Gasteiger charge is 2.24. The zero-order valence-corrected chi connectivity index (χ0v) is 8.88. The Bertz CT molecular complexity index is 407. The van der Waals surface area contributed by atoms with Gasteiger partial charge in [-0.3, -0.25) is 0 Å². The van der Waals surface area contributed by atoms with Crippen molar-refractivity contribution in [1.82, 2.24) is 0 Å². The fourth-order valence-electron chi connectivity index (χ4n) is 1.44. The van der Waals surface area contributed by atoms with E-state index in [-0.39, 0.29) is 18.6 Å². The van der Waals surface area contributed by atoms with Gasteiger partial charge in [0.05, 0.1) is 11.7 Å². The fraction of sp³-hybridized carbons (Fsp3) is 0.364. The first kappa shape index (κ1) is 13.6. The molecule has 0 heterocycles. The summed E-state index contributed by atoms with van der Waals surface area (Å²) in [5.41, 5.74) is -0.872. The molecule has 17 heavy (non-hydrogen) atoms. The van der Waals surface area contributed by atoms with Crippen molar-refractivity contribution in [3.05, 3.63) is 35.1 Å². The summed E-state index contributed by atoms with van der Waals surface area (Å²) >= 11 is 0. The number of carbonyl (C=O) groups is 1. The Balaban J connectivity index is 3.06. The second-order valence-corrected chi connectivity index (χ2v) is 3.54. The van der Waals surface area contributed by atoms with Gasteiger partial charge in [-0.25, -0.2) is 9.18 Å². The summed E-state index contributed by atoms with van der Waals surface area (Å²) in [5, 5.41) is 36.3. The number of aliphatic hydroxyl groups excluding tert-OH is 3. The van der Waals surface area contributed by atoms with Crippen molar-refractivity contribution in [2.75, 3.05) is 6.61 Å². The molecule has 1 aromatic rings. The van der Waals surface area contributed by atoms with E-state index in [4.69, 9.17) is 10.2 Å². The largest absolute Gasteiger partial charge is 0.478 e. The molecule has 0 amide bonds. The maximum atomic E-state index is 13.7. The van der Waals surface area contributed by atoms with E-state index < -0.39 is 29.6 Å². The van der Waals surface area contributed by atoms with Crippen molar-refractivity contribution in [3.63, 3.8) is 0 Å². The molecule has 6 heteroatoms. The van der Waals surface area contributed by atoms with Gasteiger partial charge in [0.15, 0.2) is 0 Å². The SMILES string of the molecule is O=C(O)c1cccc(C(O)C(O)CCO)c1F. The number of aromatic carboxylic acids is 1. The summed E-state index contributed by atoms with van der Waals surface area (Å²) in [6.07, 6.45) is -3.04. The lowest BCUT2D eigenvalue weighted by Crippen LogP contribution is -2.21. The minimum absolute atomic E-state index is 0.127. The average molecular weight is 244 g/mol. The highest BCUT2D eigenvalue weighted by atomic mass is 19.1. The van der Waals surface area contributed by atoms with Gasteiger partial charge in [-0.2, -0.15) is 0 Å². The van der Waals surface area contributed by atoms with Crippen LogP contribution in [-0.2, 0) is 0 Å². The highest BCUT2D eigenvalue weighted by Crippen LogP contribution is 2.24. The quantitative estimate of drug-likeness (QED) is 0.597. The summed E-state index contributed by atoms with van der Waals surface area (Å²) in [7, 11) is 0. The minimum atomic E-state index is -1.57. The molecule has 0 spiro atoms. The van der Waals surface area contributed by atoms with Crippen molar-refractivity contribution in [1.29, 1.82) is 0 Å². The van der Waals surface area contributed by atoms with Gasteiger partial charge in [0.1, 0.15) is 11.9 Å². The number of hydrogen-bond donors (Lipinski definition) is 4. The van der Waals surface area contributed by atoms with Crippen LogP contribution >= 0.6 is 0 Å². The molecule has 0 radical (unpaired) electrons. The Morgan fingerprint density at radius 2 is 2.00 bits per heavy atom. The Labute approximate surface area is 96.8 Å². The smallest absolute Gasteiger partial charge is 0.338 e. The Morgan fingerprint density at radius 3 is 2.53 bits per heavy atom. The van der Waals surface area contributed by atoms with Gasteiger partial charge >= 0.3 is 5.97 Å². The number of halogens is 1. The topological polar surface area (TPSA) is 98.0 Å². The van der Waals surface area contributed by atoms with Crippen LogP contribution in [0.5, 0.6) is 0 Å². The molecule has 4 N–H and O–H groups in total. The predicted molar refractivity (Wildman–Crippen MR) is 56.0 cm³/mol. The molecule has 0 bridgehead atoms. The molecular formula is C11H13FO5. The van der Waals surface area contributed by atoms with E-state index in [9.17, 15) is 19.4 Å². The van der Waals surface area contributed by atoms with E-state index in [0.29, 0.717) is 0 Å². The number of carboxylic acids is 1. The summed E-state index contributed by atoms with van der Waals surface area (Å²) in [4.78, 5) is 10.7. The average Bonchev–Trinajstić information content (AvgIpc) is 2.28. The molecule has 2 atom stereocenters. The summed E-state index contributed by atoms with van der Waals surface area (Å²) in [5.74, 6) is -2.53. The van der Waals surface area contributed by atoms with Crippen molar-refractivity contribution in [2.45, 2.75) is 18.6 Å². The molecule has 0 aliphatic rings. The van der Waals surface area contributed by atoms with E-state index >= 15 is 0 Å². The molecule has 2 unspecified atom stereocenters. The molecule has 1 rings (SSSR count). The van der Waals surface area contributed by atoms with Crippen LogP contribution in [0.2, 0.25) is 0 Å². The summed E-state index contributed by atoms with van der Waals surface area (Å²) in [6.45, 7) is -0.363. The summed E-state index contributed by atoms with van der Waals surface area (Å²) in [6, 6.07) is 3.52. The molecule has 0 aliphatic carbocycles. The number of benzene rings is 1. The molecule has 0 aromatic heterocycles. The third-order valence-electron chi connectivity index (χ3n) is 2.37. The van der Waals surface area contributed by atoms with Gasteiger partial charge < -0.3 is 20.4 Å². The molecule has 0 saturated carbocycles. The van der Waals surface area contributed by atoms with E-state index in [0.717, 1.165) is 6.07 Å². The van der Waals surface area contributed by atoms with E-state index in [1.165, 1.54) is 12.1 Å². The van der Waals surface area contributed by atoms with Gasteiger partial charge in [-0.1, -0.05) is 12.1 Å². The van der Waals surface area contributed by atoms with Crippen molar-refractivity contribution < 1.29 is 29.6 Å². The lowest BCUT2D eigenvalue weighted by atomic mass is 9.99. The van der Waals surface area contributed by atoms with Crippen molar-refractivity contribution in [2.24, 2.45) is 0 Å². The molecular weight excluding hydrogens is 231 g/mol. The summed E-state index contributed by atoms with van der Waals surface area (Å²) < 4.78 is 13.7. The van der Waals surface area contributed by atoms with Crippen LogP contribution in [0.25, 0.3) is 0 Å². The van der Waals surface area contributed by atoms with Gasteiger partial charge in [0.2, 0.25) is 0 Å². The zero-order chi connectivity index (χ0) is 13.0. The van der Waals surface area contributed by atoms with Crippen LogP contribution in [0.1, 0.15) is 28.4 Å². The fourth-order valence-corrected chi connectivity index (χ4v) is 1.44. The first-order valence-electron chi connectivity index (χ1n) is 4.97. The van der Waals surface area contributed by atoms with E-state index in [2.05, 4.69) is 0 Å². The number of carboxylic acid groups (broad SMARTS) is 1. The standard InChI is InChI=1S/C11H13FO5/c12-9-6(10(15)8(14)4-5-13)2-1-3-7(9)11(16)17/h1-3,8,10,13-15H,4-5H2,(H,16,17). The third kappa shape index (κ3) is 3.00. The number of hydrogen-bond acceptors (Lipinski definition) is 4. The van der Waals surface area contributed by atoms with Crippen LogP contribution in [-0.4, -0.2) is 39.1 Å². The molecule has 94 valence electrons. The van der Waals surface area contributed by atoms with Crippen LogP contribution in [0.4, 0.5) is 4.39 Å². The van der Waals surface area contributed by atoms with Crippen LogP contribution < -0.4 is 0 Å². The Kier molecular flexibility index (Phi) is 4.56. The normalized spacial score (nSPS) is 14.4. The van der Waals surface area contributed by atoms with Gasteiger partial charge in [0, 0.05) is 12.2 Å². The second-order valence-electron chi connectivity index (χ2n) is 3.54. The highest BCUT2D eigenvalue weighted by molar-refractivity contribution is 5.88. The van der Waals surface area contributed by atoms with Crippen LogP contribution in [0.3, 0.4) is 0 Å². The molecule has 1 aromatic carbocycles. The van der Waals surface area contributed by atoms with E-state index in [1.54, 1.807) is 0 Å². The third-order valence-corrected chi connectivity index (χ3v) is 2.37. The minimum Gasteiger partial charge on any atom is -0.478 e.